The van der Waals surface area contributed by atoms with Gasteiger partial charge in [-0.15, -0.1) is 0 Å². The van der Waals surface area contributed by atoms with Crippen LogP contribution in [0.1, 0.15) is 21.5 Å². The molecule has 0 radical (unpaired) electrons. The van der Waals surface area contributed by atoms with Gasteiger partial charge in [0.15, 0.2) is 0 Å². The topological polar surface area (TPSA) is 84.0 Å². The largest absolute Gasteiger partial charge is 0.348 e. The zero-order chi connectivity index (χ0) is 22.0. The molecule has 0 unspecified atom stereocenters. The molecule has 0 bridgehead atoms. The summed E-state index contributed by atoms with van der Waals surface area (Å²) in [5.41, 5.74) is 0.572. The molecule has 1 heterocycles. The van der Waals surface area contributed by atoms with E-state index in [1.54, 1.807) is 48.5 Å². The van der Waals surface area contributed by atoms with Crippen LogP contribution in [0.15, 0.2) is 76.3 Å². The molecule has 0 saturated carbocycles. The van der Waals surface area contributed by atoms with Crippen LogP contribution in [0.2, 0.25) is 5.02 Å². The smallest absolute Gasteiger partial charge is 0.329 e. The van der Waals surface area contributed by atoms with Crippen LogP contribution in [0.4, 0.5) is 4.39 Å². The molecule has 3 aromatic carbocycles. The van der Waals surface area contributed by atoms with Gasteiger partial charge in [-0.05, 0) is 47.5 Å². The average Bonchev–Trinajstić information content (AvgIpc) is 2.76. The van der Waals surface area contributed by atoms with Gasteiger partial charge in [-0.3, -0.25) is 19.1 Å². The van der Waals surface area contributed by atoms with E-state index in [1.807, 2.05) is 0 Å². The van der Waals surface area contributed by atoms with Crippen LogP contribution in [-0.4, -0.2) is 15.5 Å². The molecule has 0 spiro atoms. The molecule has 0 aliphatic heterocycles. The number of aromatic nitrogens is 2. The Morgan fingerprint density at radius 3 is 2.61 bits per heavy atom. The van der Waals surface area contributed by atoms with Gasteiger partial charge in [0.2, 0.25) is 0 Å². The molecular weight excluding hydrogens is 421 g/mol. The van der Waals surface area contributed by atoms with Gasteiger partial charge in [0, 0.05) is 11.6 Å². The maximum atomic E-state index is 14.3. The number of carbonyl (C=O) groups is 1. The van der Waals surface area contributed by atoms with Gasteiger partial charge in [0.1, 0.15) is 5.82 Å². The lowest BCUT2D eigenvalue weighted by atomic mass is 10.1. The van der Waals surface area contributed by atoms with Crippen molar-refractivity contribution < 1.29 is 9.18 Å². The van der Waals surface area contributed by atoms with E-state index in [-0.39, 0.29) is 18.7 Å². The maximum Gasteiger partial charge on any atom is 0.329 e. The van der Waals surface area contributed by atoms with Crippen molar-refractivity contribution in [2.75, 3.05) is 0 Å². The van der Waals surface area contributed by atoms with Gasteiger partial charge in [-0.25, -0.2) is 9.18 Å². The summed E-state index contributed by atoms with van der Waals surface area (Å²) in [5, 5.41) is 3.57. The second-order valence-electron chi connectivity index (χ2n) is 6.99. The van der Waals surface area contributed by atoms with E-state index in [4.69, 9.17) is 11.6 Å². The Labute approximate surface area is 180 Å². The minimum Gasteiger partial charge on any atom is -0.348 e. The summed E-state index contributed by atoms with van der Waals surface area (Å²) in [6.07, 6.45) is 0. The number of nitrogens with zero attached hydrogens (tertiary/aromatic N) is 1. The van der Waals surface area contributed by atoms with Gasteiger partial charge < -0.3 is 5.32 Å². The number of halogens is 2. The number of amides is 1. The molecule has 8 heteroatoms. The van der Waals surface area contributed by atoms with E-state index in [2.05, 4.69) is 10.3 Å². The summed E-state index contributed by atoms with van der Waals surface area (Å²) in [6.45, 7) is 0.248. The highest BCUT2D eigenvalue weighted by molar-refractivity contribution is 6.30. The lowest BCUT2D eigenvalue weighted by Crippen LogP contribution is -2.30. The highest BCUT2D eigenvalue weighted by atomic mass is 35.5. The molecule has 156 valence electrons. The van der Waals surface area contributed by atoms with Crippen molar-refractivity contribution in [2.24, 2.45) is 0 Å². The molecule has 4 aromatic rings. The fourth-order valence-corrected chi connectivity index (χ4v) is 3.56. The summed E-state index contributed by atoms with van der Waals surface area (Å²) >= 11 is 5.94. The van der Waals surface area contributed by atoms with Crippen LogP contribution in [0, 0.1) is 5.82 Å². The average molecular weight is 438 g/mol. The zero-order valence-electron chi connectivity index (χ0n) is 16.2. The number of H-pyrrole nitrogens is 1. The van der Waals surface area contributed by atoms with Crippen LogP contribution in [0.25, 0.3) is 10.9 Å². The SMILES string of the molecule is O=C(NCc1cccc(Cl)c1)c1cc(Cn2c(=O)[nH]c(=O)c3ccccc32)ccc1F. The Kier molecular flexibility index (Phi) is 5.68. The summed E-state index contributed by atoms with van der Waals surface area (Å²) < 4.78 is 15.7. The van der Waals surface area contributed by atoms with Crippen LogP contribution < -0.4 is 16.6 Å². The van der Waals surface area contributed by atoms with E-state index in [1.165, 1.54) is 22.8 Å². The Bertz CT molecular complexity index is 1410. The van der Waals surface area contributed by atoms with Gasteiger partial charge in [0.05, 0.1) is 23.0 Å². The van der Waals surface area contributed by atoms with Gasteiger partial charge in [0.25, 0.3) is 11.5 Å². The van der Waals surface area contributed by atoms with Crippen LogP contribution in [0.5, 0.6) is 0 Å². The highest BCUT2D eigenvalue weighted by Crippen LogP contribution is 2.15. The molecule has 1 amide bonds. The molecule has 31 heavy (non-hydrogen) atoms. The Morgan fingerprint density at radius 1 is 1.00 bits per heavy atom. The first-order valence-electron chi connectivity index (χ1n) is 9.45. The summed E-state index contributed by atoms with van der Waals surface area (Å²) in [7, 11) is 0. The second-order valence-corrected chi connectivity index (χ2v) is 7.43. The van der Waals surface area contributed by atoms with E-state index in [0.29, 0.717) is 21.5 Å². The van der Waals surface area contributed by atoms with E-state index in [9.17, 15) is 18.8 Å². The zero-order valence-corrected chi connectivity index (χ0v) is 16.9. The number of carbonyl (C=O) groups excluding carboxylic acids is 1. The van der Waals surface area contributed by atoms with E-state index >= 15 is 0 Å². The first kappa shape index (κ1) is 20.6. The standard InChI is InChI=1S/C23H17ClFN3O3/c24-16-5-3-4-14(10-16)12-26-21(29)18-11-15(8-9-19(18)25)13-28-20-7-2-1-6-17(20)22(30)27-23(28)31/h1-11H,12-13H2,(H,26,29)(H,27,30,31). The van der Waals surface area contributed by atoms with Crippen molar-refractivity contribution in [3.05, 3.63) is 115 Å². The van der Waals surface area contributed by atoms with E-state index in [0.717, 1.165) is 5.56 Å². The third kappa shape index (κ3) is 4.41. The third-order valence-electron chi connectivity index (χ3n) is 4.86. The van der Waals surface area contributed by atoms with Crippen molar-refractivity contribution in [1.29, 1.82) is 0 Å². The number of rotatable bonds is 5. The fraction of sp³-hybridized carbons (Fsp3) is 0.0870. The number of fused-ring (bicyclic) bond motifs is 1. The summed E-state index contributed by atoms with van der Waals surface area (Å²) in [4.78, 5) is 39.2. The fourth-order valence-electron chi connectivity index (χ4n) is 3.35. The number of hydrogen-bond donors (Lipinski definition) is 2. The first-order valence-corrected chi connectivity index (χ1v) is 9.83. The number of para-hydroxylation sites is 1. The monoisotopic (exact) mass is 437 g/mol. The molecule has 0 aliphatic rings. The summed E-state index contributed by atoms with van der Waals surface area (Å²) in [6, 6.07) is 17.8. The van der Waals surface area contributed by atoms with Crippen LogP contribution in [-0.2, 0) is 13.1 Å². The van der Waals surface area contributed by atoms with Crippen LogP contribution >= 0.6 is 11.6 Å². The molecule has 1 aromatic heterocycles. The quantitative estimate of drug-likeness (QED) is 0.501. The lowest BCUT2D eigenvalue weighted by Gasteiger charge is -2.12. The number of nitrogens with one attached hydrogen (secondary N) is 2. The molecule has 6 nitrogen and oxygen atoms in total. The number of benzene rings is 3. The predicted molar refractivity (Wildman–Crippen MR) is 117 cm³/mol. The second kappa shape index (κ2) is 8.57. The van der Waals surface area contributed by atoms with Crippen molar-refractivity contribution in [1.82, 2.24) is 14.9 Å². The van der Waals surface area contributed by atoms with Gasteiger partial charge >= 0.3 is 5.69 Å². The van der Waals surface area contributed by atoms with Crippen LogP contribution in [0.3, 0.4) is 0 Å². The highest BCUT2D eigenvalue weighted by Gasteiger charge is 2.14. The molecule has 0 atom stereocenters. The minimum absolute atomic E-state index is 0.0605. The molecule has 4 rings (SSSR count). The Morgan fingerprint density at radius 2 is 1.81 bits per heavy atom. The molecular formula is C23H17ClFN3O3. The lowest BCUT2D eigenvalue weighted by molar-refractivity contribution is 0.0946. The number of hydrogen-bond acceptors (Lipinski definition) is 3. The summed E-state index contributed by atoms with van der Waals surface area (Å²) in [5.74, 6) is -1.26. The third-order valence-corrected chi connectivity index (χ3v) is 5.10. The Balaban J connectivity index is 1.61. The van der Waals surface area contributed by atoms with Gasteiger partial charge in [-0.2, -0.15) is 0 Å². The van der Waals surface area contributed by atoms with Crippen molar-refractivity contribution >= 4 is 28.4 Å². The molecule has 0 saturated heterocycles. The predicted octanol–water partition coefficient (Wildman–Crippen LogP) is 3.46. The first-order chi connectivity index (χ1) is 14.9. The van der Waals surface area contributed by atoms with Crippen molar-refractivity contribution in [3.63, 3.8) is 0 Å². The van der Waals surface area contributed by atoms with Gasteiger partial charge in [-0.1, -0.05) is 41.9 Å². The van der Waals surface area contributed by atoms with Crippen molar-refractivity contribution in [3.8, 4) is 0 Å². The molecule has 2 N–H and O–H groups in total. The van der Waals surface area contributed by atoms with Crippen molar-refractivity contribution in [2.45, 2.75) is 13.1 Å². The Hall–Kier alpha value is -3.71. The molecule has 0 aliphatic carbocycles. The maximum absolute atomic E-state index is 14.3. The number of aromatic amines is 1. The normalized spacial score (nSPS) is 10.9. The van der Waals surface area contributed by atoms with E-state index < -0.39 is 23.0 Å². The molecule has 0 fully saturated rings. The minimum atomic E-state index is -0.675.